The van der Waals surface area contributed by atoms with Crippen LogP contribution < -0.4 is 5.32 Å². The van der Waals surface area contributed by atoms with Crippen molar-refractivity contribution in [3.8, 4) is 0 Å². The molecule has 0 spiro atoms. The maximum atomic E-state index is 6.25. The number of allylic oxidation sites excluding steroid dienone is 7. The van der Waals surface area contributed by atoms with E-state index in [1.54, 1.807) is 0 Å². The second kappa shape index (κ2) is 12.8. The Labute approximate surface area is 158 Å². The van der Waals surface area contributed by atoms with Gasteiger partial charge in [0.1, 0.15) is 0 Å². The summed E-state index contributed by atoms with van der Waals surface area (Å²) in [5, 5.41) is 10.2. The summed E-state index contributed by atoms with van der Waals surface area (Å²) >= 11 is 6.25. The number of rotatable bonds is 13. The molecule has 1 unspecified atom stereocenters. The normalized spacial score (nSPS) is 14.8. The Kier molecular flexibility index (Phi) is 11.1. The molecule has 0 bridgehead atoms. The van der Waals surface area contributed by atoms with E-state index < -0.39 is 0 Å². The second-order valence-corrected chi connectivity index (χ2v) is 7.01. The molecule has 0 aliphatic carbocycles. The van der Waals surface area contributed by atoms with E-state index in [9.17, 15) is 0 Å². The van der Waals surface area contributed by atoms with Crippen molar-refractivity contribution >= 4 is 11.6 Å². The first-order valence-electron chi connectivity index (χ1n) is 9.34. The molecule has 25 heavy (non-hydrogen) atoms. The van der Waals surface area contributed by atoms with Gasteiger partial charge in [0, 0.05) is 17.8 Å². The molecule has 0 radical (unpaired) electrons. The molecule has 1 aromatic rings. The van der Waals surface area contributed by atoms with Crippen molar-refractivity contribution in [3.63, 3.8) is 0 Å². The standard InChI is InChI=1S/C21H34ClN3/c1-5-8-11-19(21(7-3)17(4)22)13-12-18(6-2)10-9-14-23-15-20-16-24-25-20/h5,7-8,11,16,18,23-25H,3,6,9-10,12-15H2,1-2,4H3/b8-5-,19-11-,21-17+. The van der Waals surface area contributed by atoms with Crippen LogP contribution in [0.2, 0.25) is 0 Å². The SMILES string of the molecule is C=CC(/C(=C\C=C/C)CCC(CC)CCCNCc1c[nH][nH]1)=C(/C)Cl. The van der Waals surface area contributed by atoms with Crippen molar-refractivity contribution in [2.75, 3.05) is 6.54 Å². The van der Waals surface area contributed by atoms with E-state index in [0.717, 1.165) is 36.0 Å². The molecular weight excluding hydrogens is 330 g/mol. The van der Waals surface area contributed by atoms with Crippen LogP contribution in [0.1, 0.15) is 58.6 Å². The van der Waals surface area contributed by atoms with Gasteiger partial charge < -0.3 is 15.5 Å². The minimum Gasteiger partial charge on any atom is -0.311 e. The quantitative estimate of drug-likeness (QED) is 0.282. The molecule has 0 saturated carbocycles. The lowest BCUT2D eigenvalue weighted by Crippen LogP contribution is -2.18. The predicted molar refractivity (Wildman–Crippen MR) is 111 cm³/mol. The summed E-state index contributed by atoms with van der Waals surface area (Å²) in [7, 11) is 0. The molecule has 0 aliphatic heterocycles. The summed E-state index contributed by atoms with van der Waals surface area (Å²) in [6.07, 6.45) is 16.1. The number of aromatic nitrogens is 2. The van der Waals surface area contributed by atoms with Crippen molar-refractivity contribution in [2.24, 2.45) is 5.92 Å². The van der Waals surface area contributed by atoms with E-state index in [0.29, 0.717) is 0 Å². The molecule has 0 saturated heterocycles. The Morgan fingerprint density at radius 1 is 1.40 bits per heavy atom. The van der Waals surface area contributed by atoms with Crippen LogP contribution in [0.25, 0.3) is 0 Å². The highest BCUT2D eigenvalue weighted by molar-refractivity contribution is 6.30. The maximum Gasteiger partial charge on any atom is 0.0627 e. The zero-order chi connectivity index (χ0) is 18.5. The summed E-state index contributed by atoms with van der Waals surface area (Å²) in [5.41, 5.74) is 3.59. The minimum absolute atomic E-state index is 0.750. The third-order valence-corrected chi connectivity index (χ3v) is 4.77. The number of H-pyrrole nitrogens is 2. The van der Waals surface area contributed by atoms with E-state index in [2.05, 4.69) is 47.2 Å². The summed E-state index contributed by atoms with van der Waals surface area (Å²) < 4.78 is 0. The highest BCUT2D eigenvalue weighted by Gasteiger charge is 2.10. The Hall–Kier alpha value is -1.45. The summed E-state index contributed by atoms with van der Waals surface area (Å²) in [6.45, 7) is 12.2. The van der Waals surface area contributed by atoms with Crippen LogP contribution in [0.5, 0.6) is 0 Å². The van der Waals surface area contributed by atoms with E-state index in [4.69, 9.17) is 11.6 Å². The van der Waals surface area contributed by atoms with Crippen LogP contribution in [-0.2, 0) is 6.54 Å². The Morgan fingerprint density at radius 3 is 2.68 bits per heavy atom. The van der Waals surface area contributed by atoms with Crippen LogP contribution in [0, 0.1) is 5.92 Å². The fraction of sp³-hybridized carbons (Fsp3) is 0.524. The van der Waals surface area contributed by atoms with E-state index in [1.807, 2.05) is 26.1 Å². The second-order valence-electron chi connectivity index (χ2n) is 6.44. The van der Waals surface area contributed by atoms with Crippen molar-refractivity contribution in [3.05, 3.63) is 59.0 Å². The van der Waals surface area contributed by atoms with Gasteiger partial charge in [-0.25, -0.2) is 0 Å². The monoisotopic (exact) mass is 363 g/mol. The van der Waals surface area contributed by atoms with Gasteiger partial charge in [-0.05, 0) is 63.1 Å². The molecule has 4 heteroatoms. The number of hydrogen-bond donors (Lipinski definition) is 3. The molecule has 0 amide bonds. The molecule has 0 aliphatic rings. The van der Waals surface area contributed by atoms with Crippen molar-refractivity contribution < 1.29 is 0 Å². The van der Waals surface area contributed by atoms with E-state index in [-0.39, 0.29) is 0 Å². The number of halogens is 1. The van der Waals surface area contributed by atoms with Crippen LogP contribution in [-0.4, -0.2) is 16.7 Å². The third-order valence-electron chi connectivity index (χ3n) is 4.57. The van der Waals surface area contributed by atoms with Gasteiger partial charge in [0.2, 0.25) is 0 Å². The fourth-order valence-corrected chi connectivity index (χ4v) is 3.13. The summed E-state index contributed by atoms with van der Waals surface area (Å²) in [5.74, 6) is 0.750. The van der Waals surface area contributed by atoms with Crippen LogP contribution in [0.4, 0.5) is 0 Å². The topological polar surface area (TPSA) is 43.6 Å². The van der Waals surface area contributed by atoms with Gasteiger partial charge in [0.05, 0.1) is 5.69 Å². The zero-order valence-corrected chi connectivity index (χ0v) is 16.8. The lowest BCUT2D eigenvalue weighted by molar-refractivity contribution is 0.417. The third kappa shape index (κ3) is 8.46. The predicted octanol–water partition coefficient (Wildman–Crippen LogP) is 6.22. The Balaban J connectivity index is 2.43. The first kappa shape index (κ1) is 21.6. The van der Waals surface area contributed by atoms with Crippen LogP contribution >= 0.6 is 11.6 Å². The van der Waals surface area contributed by atoms with Gasteiger partial charge in [0.25, 0.3) is 0 Å². The minimum atomic E-state index is 0.750. The van der Waals surface area contributed by atoms with Crippen LogP contribution in [0.3, 0.4) is 0 Å². The van der Waals surface area contributed by atoms with Crippen molar-refractivity contribution in [1.29, 1.82) is 0 Å². The van der Waals surface area contributed by atoms with E-state index >= 15 is 0 Å². The van der Waals surface area contributed by atoms with Crippen molar-refractivity contribution in [1.82, 2.24) is 15.5 Å². The average Bonchev–Trinajstić information content (AvgIpc) is 2.56. The number of hydrogen-bond acceptors (Lipinski definition) is 1. The van der Waals surface area contributed by atoms with Gasteiger partial charge in [-0.1, -0.05) is 55.8 Å². The fourth-order valence-electron chi connectivity index (χ4n) is 2.93. The lowest BCUT2D eigenvalue weighted by Gasteiger charge is -2.17. The zero-order valence-electron chi connectivity index (χ0n) is 16.0. The van der Waals surface area contributed by atoms with Crippen LogP contribution in [0.15, 0.2) is 53.3 Å². The largest absolute Gasteiger partial charge is 0.311 e. The van der Waals surface area contributed by atoms with Gasteiger partial charge in [-0.3, -0.25) is 0 Å². The molecule has 3 N–H and O–H groups in total. The Morgan fingerprint density at radius 2 is 2.16 bits per heavy atom. The lowest BCUT2D eigenvalue weighted by atomic mass is 9.90. The molecular formula is C21H34ClN3. The first-order chi connectivity index (χ1) is 12.1. The number of aromatic amines is 2. The molecule has 1 heterocycles. The van der Waals surface area contributed by atoms with Gasteiger partial charge in [-0.2, -0.15) is 0 Å². The number of nitrogens with one attached hydrogen (secondary N) is 3. The molecule has 1 atom stereocenters. The van der Waals surface area contributed by atoms with E-state index in [1.165, 1.54) is 37.0 Å². The molecule has 0 fully saturated rings. The molecule has 0 aromatic carbocycles. The molecule has 140 valence electrons. The first-order valence-corrected chi connectivity index (χ1v) is 9.72. The molecule has 3 nitrogen and oxygen atoms in total. The summed E-state index contributed by atoms with van der Waals surface area (Å²) in [6, 6.07) is 0. The van der Waals surface area contributed by atoms with Crippen molar-refractivity contribution in [2.45, 2.75) is 59.4 Å². The molecule has 1 aromatic heterocycles. The highest BCUT2D eigenvalue weighted by Crippen LogP contribution is 2.27. The van der Waals surface area contributed by atoms with Gasteiger partial charge >= 0.3 is 0 Å². The summed E-state index contributed by atoms with van der Waals surface area (Å²) in [4.78, 5) is 0. The Bertz CT molecular complexity index is 562. The van der Waals surface area contributed by atoms with Gasteiger partial charge in [-0.15, -0.1) is 0 Å². The highest BCUT2D eigenvalue weighted by atomic mass is 35.5. The molecule has 1 rings (SSSR count). The maximum absolute atomic E-state index is 6.25. The smallest absolute Gasteiger partial charge is 0.0627 e. The van der Waals surface area contributed by atoms with Gasteiger partial charge in [0.15, 0.2) is 0 Å². The average molecular weight is 364 g/mol.